The number of para-hydroxylation sites is 1. The third kappa shape index (κ3) is 2.88. The van der Waals surface area contributed by atoms with Crippen LogP contribution in [0.25, 0.3) is 0 Å². The standard InChI is InChI=1S/C15H17N3O2/c1-10(11-6-8-17-9-7-11)18-14-12(15(19)20-2)4-3-5-13(14)16/h3-10,18H,16H2,1-2H3. The van der Waals surface area contributed by atoms with E-state index < -0.39 is 5.97 Å². The number of methoxy groups -OCH3 is 1. The summed E-state index contributed by atoms with van der Waals surface area (Å²) in [7, 11) is 1.35. The predicted molar refractivity (Wildman–Crippen MR) is 78.5 cm³/mol. The Bertz CT molecular complexity index is 599. The molecule has 5 heteroatoms. The zero-order chi connectivity index (χ0) is 14.5. The summed E-state index contributed by atoms with van der Waals surface area (Å²) in [6.45, 7) is 1.99. The van der Waals surface area contributed by atoms with Crippen molar-refractivity contribution >= 4 is 17.3 Å². The van der Waals surface area contributed by atoms with Crippen molar-refractivity contribution in [2.75, 3.05) is 18.2 Å². The normalized spacial score (nSPS) is 11.7. The van der Waals surface area contributed by atoms with Crippen molar-refractivity contribution < 1.29 is 9.53 Å². The smallest absolute Gasteiger partial charge is 0.340 e. The summed E-state index contributed by atoms with van der Waals surface area (Å²) in [5.41, 5.74) is 8.53. The van der Waals surface area contributed by atoms with Crippen LogP contribution in [0, 0.1) is 0 Å². The van der Waals surface area contributed by atoms with E-state index in [2.05, 4.69) is 10.3 Å². The first kappa shape index (κ1) is 13.9. The molecule has 0 saturated heterocycles. The molecule has 5 nitrogen and oxygen atoms in total. The van der Waals surface area contributed by atoms with Crippen LogP contribution < -0.4 is 11.1 Å². The van der Waals surface area contributed by atoms with Gasteiger partial charge in [0.15, 0.2) is 0 Å². The number of esters is 1. The monoisotopic (exact) mass is 271 g/mol. The Hall–Kier alpha value is -2.56. The highest BCUT2D eigenvalue weighted by atomic mass is 16.5. The van der Waals surface area contributed by atoms with Gasteiger partial charge in [0.1, 0.15) is 0 Å². The second-order valence-electron chi connectivity index (χ2n) is 4.41. The Morgan fingerprint density at radius 1 is 1.30 bits per heavy atom. The summed E-state index contributed by atoms with van der Waals surface area (Å²) in [6.07, 6.45) is 3.45. The number of nitrogens with zero attached hydrogens (tertiary/aromatic N) is 1. The van der Waals surface area contributed by atoms with Crippen LogP contribution in [0.15, 0.2) is 42.7 Å². The molecule has 0 aliphatic rings. The molecule has 0 aliphatic carbocycles. The maximum atomic E-state index is 11.8. The topological polar surface area (TPSA) is 77.2 Å². The van der Waals surface area contributed by atoms with E-state index in [9.17, 15) is 4.79 Å². The van der Waals surface area contributed by atoms with E-state index in [0.29, 0.717) is 16.9 Å². The molecule has 1 unspecified atom stereocenters. The number of aromatic nitrogens is 1. The lowest BCUT2D eigenvalue weighted by atomic mass is 10.1. The highest BCUT2D eigenvalue weighted by molar-refractivity contribution is 5.98. The second-order valence-corrected chi connectivity index (χ2v) is 4.41. The Balaban J connectivity index is 2.31. The van der Waals surface area contributed by atoms with Crippen molar-refractivity contribution in [3.05, 3.63) is 53.9 Å². The van der Waals surface area contributed by atoms with E-state index in [4.69, 9.17) is 10.5 Å². The zero-order valence-corrected chi connectivity index (χ0v) is 11.5. The van der Waals surface area contributed by atoms with Gasteiger partial charge in [0.25, 0.3) is 0 Å². The maximum absolute atomic E-state index is 11.8. The number of hydrogen-bond donors (Lipinski definition) is 2. The molecule has 1 heterocycles. The largest absolute Gasteiger partial charge is 0.465 e. The summed E-state index contributed by atoms with van der Waals surface area (Å²) < 4.78 is 4.77. The van der Waals surface area contributed by atoms with Crippen LogP contribution in [-0.4, -0.2) is 18.1 Å². The molecular weight excluding hydrogens is 254 g/mol. The molecule has 0 bridgehead atoms. The minimum atomic E-state index is -0.415. The summed E-state index contributed by atoms with van der Waals surface area (Å²) in [5.74, 6) is -0.415. The molecule has 3 N–H and O–H groups in total. The van der Waals surface area contributed by atoms with Gasteiger partial charge >= 0.3 is 5.97 Å². The molecule has 1 aromatic carbocycles. The summed E-state index contributed by atoms with van der Waals surface area (Å²) in [6, 6.07) is 8.97. The number of nitrogens with two attached hydrogens (primary N) is 1. The van der Waals surface area contributed by atoms with E-state index in [1.165, 1.54) is 7.11 Å². The zero-order valence-electron chi connectivity index (χ0n) is 11.5. The van der Waals surface area contributed by atoms with E-state index in [-0.39, 0.29) is 6.04 Å². The minimum Gasteiger partial charge on any atom is -0.465 e. The Kier molecular flexibility index (Phi) is 4.20. The summed E-state index contributed by atoms with van der Waals surface area (Å²) in [5, 5.41) is 3.26. The number of rotatable bonds is 4. The van der Waals surface area contributed by atoms with Gasteiger partial charge in [-0.15, -0.1) is 0 Å². The fourth-order valence-corrected chi connectivity index (χ4v) is 1.96. The number of carbonyl (C=O) groups is 1. The Morgan fingerprint density at radius 2 is 2.00 bits per heavy atom. The van der Waals surface area contributed by atoms with Gasteiger partial charge < -0.3 is 15.8 Å². The van der Waals surface area contributed by atoms with Crippen LogP contribution in [0.3, 0.4) is 0 Å². The minimum absolute atomic E-state index is 0.00824. The lowest BCUT2D eigenvalue weighted by Gasteiger charge is -2.19. The molecule has 1 atom stereocenters. The maximum Gasteiger partial charge on any atom is 0.340 e. The Labute approximate surface area is 117 Å². The lowest BCUT2D eigenvalue weighted by molar-refractivity contribution is 0.0602. The Morgan fingerprint density at radius 3 is 2.65 bits per heavy atom. The average Bonchev–Trinajstić information content (AvgIpc) is 2.49. The molecule has 104 valence electrons. The van der Waals surface area contributed by atoms with Gasteiger partial charge in [-0.1, -0.05) is 6.07 Å². The highest BCUT2D eigenvalue weighted by Gasteiger charge is 2.16. The highest BCUT2D eigenvalue weighted by Crippen LogP contribution is 2.28. The number of pyridine rings is 1. The van der Waals surface area contributed by atoms with E-state index in [1.54, 1.807) is 30.6 Å². The molecule has 0 aliphatic heterocycles. The molecule has 0 amide bonds. The van der Waals surface area contributed by atoms with Crippen LogP contribution in [0.2, 0.25) is 0 Å². The molecule has 1 aromatic heterocycles. The van der Waals surface area contributed by atoms with E-state index >= 15 is 0 Å². The first-order valence-electron chi connectivity index (χ1n) is 6.26. The van der Waals surface area contributed by atoms with Crippen molar-refractivity contribution in [3.63, 3.8) is 0 Å². The quantitative estimate of drug-likeness (QED) is 0.660. The fraction of sp³-hybridized carbons (Fsp3) is 0.200. The fourth-order valence-electron chi connectivity index (χ4n) is 1.96. The third-order valence-corrected chi connectivity index (χ3v) is 3.07. The number of anilines is 2. The van der Waals surface area contributed by atoms with Crippen LogP contribution >= 0.6 is 0 Å². The first-order valence-corrected chi connectivity index (χ1v) is 6.26. The number of carbonyl (C=O) groups excluding carboxylic acids is 1. The van der Waals surface area contributed by atoms with Crippen molar-refractivity contribution in [3.8, 4) is 0 Å². The van der Waals surface area contributed by atoms with Crippen molar-refractivity contribution in [2.45, 2.75) is 13.0 Å². The SMILES string of the molecule is COC(=O)c1cccc(N)c1NC(C)c1ccncc1. The van der Waals surface area contributed by atoms with E-state index in [0.717, 1.165) is 5.56 Å². The molecule has 2 aromatic rings. The summed E-state index contributed by atoms with van der Waals surface area (Å²) >= 11 is 0. The number of hydrogen-bond acceptors (Lipinski definition) is 5. The number of nitrogen functional groups attached to an aromatic ring is 1. The average molecular weight is 271 g/mol. The third-order valence-electron chi connectivity index (χ3n) is 3.07. The van der Waals surface area contributed by atoms with Gasteiger partial charge in [0.05, 0.1) is 24.0 Å². The van der Waals surface area contributed by atoms with Gasteiger partial charge in [-0.3, -0.25) is 4.98 Å². The van der Waals surface area contributed by atoms with Crippen LogP contribution in [-0.2, 0) is 4.74 Å². The van der Waals surface area contributed by atoms with Crippen LogP contribution in [0.1, 0.15) is 28.9 Å². The van der Waals surface area contributed by atoms with Gasteiger partial charge in [-0.25, -0.2) is 4.79 Å². The van der Waals surface area contributed by atoms with Gasteiger partial charge in [-0.2, -0.15) is 0 Å². The molecule has 0 spiro atoms. The van der Waals surface area contributed by atoms with Gasteiger partial charge in [0.2, 0.25) is 0 Å². The predicted octanol–water partition coefficient (Wildman–Crippen LogP) is 2.62. The number of ether oxygens (including phenoxy) is 1. The van der Waals surface area contributed by atoms with Crippen LogP contribution in [0.4, 0.5) is 11.4 Å². The van der Waals surface area contributed by atoms with Crippen LogP contribution in [0.5, 0.6) is 0 Å². The molecule has 0 radical (unpaired) electrons. The van der Waals surface area contributed by atoms with Crippen molar-refractivity contribution in [2.24, 2.45) is 0 Å². The number of benzene rings is 1. The number of nitrogens with one attached hydrogen (secondary N) is 1. The molecule has 20 heavy (non-hydrogen) atoms. The van der Waals surface area contributed by atoms with Crippen molar-refractivity contribution in [1.29, 1.82) is 0 Å². The van der Waals surface area contributed by atoms with Gasteiger partial charge in [-0.05, 0) is 36.8 Å². The molecular formula is C15H17N3O2. The molecule has 2 rings (SSSR count). The molecule has 0 fully saturated rings. The van der Waals surface area contributed by atoms with Crippen molar-refractivity contribution in [1.82, 2.24) is 4.98 Å². The lowest BCUT2D eigenvalue weighted by Crippen LogP contribution is -2.13. The molecule has 0 saturated carbocycles. The summed E-state index contributed by atoms with van der Waals surface area (Å²) in [4.78, 5) is 15.8. The first-order chi connectivity index (χ1) is 9.63. The van der Waals surface area contributed by atoms with Gasteiger partial charge in [0, 0.05) is 18.4 Å². The second kappa shape index (κ2) is 6.06. The van der Waals surface area contributed by atoms with E-state index in [1.807, 2.05) is 19.1 Å².